The number of hydrogen-bond acceptors (Lipinski definition) is 3. The summed E-state index contributed by atoms with van der Waals surface area (Å²) in [6, 6.07) is -0.618. The Kier molecular flexibility index (Phi) is 53.7. The Morgan fingerprint density at radius 3 is 0.839 bits per heavy atom. The topological polar surface area (TPSA) is 69.6 Å². The van der Waals surface area contributed by atoms with Crippen LogP contribution in [0.3, 0.4) is 0 Å². The van der Waals surface area contributed by atoms with Gasteiger partial charge in [0.2, 0.25) is 5.91 Å². The first kappa shape index (κ1) is 61.1. The smallest absolute Gasteiger partial charge is 0.220 e. The second-order valence-electron chi connectivity index (χ2n) is 20.1. The standard InChI is InChI=1S/C58H115NO3/c1-3-5-7-9-11-13-15-17-19-21-22-23-24-25-26-27-28-29-30-31-32-33-34-35-36-38-40-42-44-46-48-50-52-54-58(62)59-56(55-60)57(61)53-51-49-47-45-43-41-39-37-20-18-16-14-12-10-8-6-4-2/h51,53,56-57,60-61H,3-50,52,54-55H2,1-2H3,(H,59,62)/b53-51+. The lowest BCUT2D eigenvalue weighted by atomic mass is 10.0. The summed E-state index contributed by atoms with van der Waals surface area (Å²) in [7, 11) is 0. The Bertz CT molecular complexity index is 860. The SMILES string of the molecule is CCCCCCCCCCCCCCCCC/C=C/C(O)C(CO)NC(=O)CCCCCCCCCCCCCCCCCCCCCCCCCCCCCCCCCCC. The molecule has 3 N–H and O–H groups in total. The first-order valence-corrected chi connectivity index (χ1v) is 28.9. The maximum absolute atomic E-state index is 12.5. The number of aliphatic hydroxyl groups excluding tert-OH is 2. The van der Waals surface area contributed by atoms with E-state index in [1.54, 1.807) is 6.08 Å². The Hall–Kier alpha value is -0.870. The fourth-order valence-electron chi connectivity index (χ4n) is 9.36. The predicted molar refractivity (Wildman–Crippen MR) is 276 cm³/mol. The quantitative estimate of drug-likeness (QED) is 0.0421. The molecule has 2 atom stereocenters. The molecule has 0 aromatic rings. The van der Waals surface area contributed by atoms with E-state index < -0.39 is 12.1 Å². The summed E-state index contributed by atoms with van der Waals surface area (Å²) in [6.45, 7) is 4.35. The molecule has 0 radical (unpaired) electrons. The van der Waals surface area contributed by atoms with Gasteiger partial charge in [-0.2, -0.15) is 0 Å². The molecule has 0 bridgehead atoms. The number of carbonyl (C=O) groups is 1. The Morgan fingerprint density at radius 2 is 0.597 bits per heavy atom. The van der Waals surface area contributed by atoms with Crippen LogP contribution in [0.1, 0.15) is 335 Å². The molecule has 2 unspecified atom stereocenters. The van der Waals surface area contributed by atoms with Crippen molar-refractivity contribution in [1.82, 2.24) is 5.32 Å². The lowest BCUT2D eigenvalue weighted by Gasteiger charge is -2.20. The van der Waals surface area contributed by atoms with Crippen LogP contribution in [0.15, 0.2) is 12.2 Å². The average molecular weight is 875 g/mol. The number of hydrogen-bond donors (Lipinski definition) is 3. The second kappa shape index (κ2) is 54.5. The number of nitrogens with one attached hydrogen (secondary N) is 1. The van der Waals surface area contributed by atoms with Gasteiger partial charge in [0.25, 0.3) is 0 Å². The molecule has 0 saturated heterocycles. The zero-order chi connectivity index (χ0) is 44.9. The number of allylic oxidation sites excluding steroid dienone is 1. The fraction of sp³-hybridized carbons (Fsp3) is 0.948. The van der Waals surface area contributed by atoms with E-state index in [-0.39, 0.29) is 12.5 Å². The Balaban J connectivity index is 3.39. The van der Waals surface area contributed by atoms with Crippen LogP contribution in [-0.4, -0.2) is 34.9 Å². The van der Waals surface area contributed by atoms with Gasteiger partial charge in [0.15, 0.2) is 0 Å². The van der Waals surface area contributed by atoms with Gasteiger partial charge in [0.1, 0.15) is 0 Å². The van der Waals surface area contributed by atoms with E-state index in [2.05, 4.69) is 19.2 Å². The minimum absolute atomic E-state index is 0.0559. The van der Waals surface area contributed by atoms with Crippen molar-refractivity contribution in [2.24, 2.45) is 0 Å². The summed E-state index contributed by atoms with van der Waals surface area (Å²) >= 11 is 0. The van der Waals surface area contributed by atoms with E-state index in [1.807, 2.05) is 6.08 Å². The van der Waals surface area contributed by atoms with Crippen molar-refractivity contribution in [1.29, 1.82) is 0 Å². The van der Waals surface area contributed by atoms with Gasteiger partial charge in [-0.3, -0.25) is 4.79 Å². The lowest BCUT2D eigenvalue weighted by Crippen LogP contribution is -2.45. The molecule has 0 spiro atoms. The maximum Gasteiger partial charge on any atom is 0.220 e. The van der Waals surface area contributed by atoms with Crippen LogP contribution in [0.25, 0.3) is 0 Å². The Morgan fingerprint density at radius 1 is 0.371 bits per heavy atom. The summed E-state index contributed by atoms with van der Waals surface area (Å²) in [5.41, 5.74) is 0. The van der Waals surface area contributed by atoms with Gasteiger partial charge < -0.3 is 15.5 Å². The van der Waals surface area contributed by atoms with E-state index in [9.17, 15) is 15.0 Å². The molecule has 0 rings (SSSR count). The molecule has 1 amide bonds. The van der Waals surface area contributed by atoms with Crippen molar-refractivity contribution in [3.8, 4) is 0 Å². The molecule has 0 aliphatic carbocycles. The molecule has 0 saturated carbocycles. The van der Waals surface area contributed by atoms with Crippen LogP contribution in [0.4, 0.5) is 0 Å². The average Bonchev–Trinajstić information content (AvgIpc) is 3.28. The highest BCUT2D eigenvalue weighted by Crippen LogP contribution is 2.18. The van der Waals surface area contributed by atoms with Crippen LogP contribution in [-0.2, 0) is 4.79 Å². The minimum Gasteiger partial charge on any atom is -0.394 e. The lowest BCUT2D eigenvalue weighted by molar-refractivity contribution is -0.123. The molecule has 4 nitrogen and oxygen atoms in total. The molecule has 0 heterocycles. The number of rotatable bonds is 54. The van der Waals surface area contributed by atoms with Crippen molar-refractivity contribution >= 4 is 5.91 Å². The molecule has 4 heteroatoms. The molecule has 0 aliphatic rings. The normalized spacial score (nSPS) is 12.8. The molecule has 0 aromatic heterocycles. The third-order valence-corrected chi connectivity index (χ3v) is 13.8. The molecule has 370 valence electrons. The Labute approximate surface area is 390 Å². The van der Waals surface area contributed by atoms with Crippen LogP contribution >= 0.6 is 0 Å². The highest BCUT2D eigenvalue weighted by atomic mass is 16.3. The van der Waals surface area contributed by atoms with Crippen LogP contribution in [0.2, 0.25) is 0 Å². The summed E-state index contributed by atoms with van der Waals surface area (Å²) in [5, 5.41) is 23.1. The molecular formula is C58H115NO3. The van der Waals surface area contributed by atoms with Gasteiger partial charge in [0, 0.05) is 6.42 Å². The van der Waals surface area contributed by atoms with E-state index in [1.165, 1.54) is 289 Å². The number of amides is 1. The molecule has 0 aromatic carbocycles. The summed E-state index contributed by atoms with van der Waals surface area (Å²) < 4.78 is 0. The second-order valence-corrected chi connectivity index (χ2v) is 20.1. The first-order valence-electron chi connectivity index (χ1n) is 28.9. The fourth-order valence-corrected chi connectivity index (χ4v) is 9.36. The monoisotopic (exact) mass is 874 g/mol. The molecule has 0 aliphatic heterocycles. The summed E-state index contributed by atoms with van der Waals surface area (Å²) in [5.74, 6) is -0.0559. The number of carbonyl (C=O) groups excluding carboxylic acids is 1. The van der Waals surface area contributed by atoms with Gasteiger partial charge in [-0.1, -0.05) is 321 Å². The van der Waals surface area contributed by atoms with Crippen molar-refractivity contribution in [3.05, 3.63) is 12.2 Å². The van der Waals surface area contributed by atoms with Gasteiger partial charge in [-0.15, -0.1) is 0 Å². The van der Waals surface area contributed by atoms with Crippen LogP contribution in [0.5, 0.6) is 0 Å². The largest absolute Gasteiger partial charge is 0.394 e. The van der Waals surface area contributed by atoms with Gasteiger partial charge in [-0.25, -0.2) is 0 Å². The molecular weight excluding hydrogens is 759 g/mol. The zero-order valence-corrected chi connectivity index (χ0v) is 42.7. The minimum atomic E-state index is -0.835. The van der Waals surface area contributed by atoms with Gasteiger partial charge in [0.05, 0.1) is 18.8 Å². The zero-order valence-electron chi connectivity index (χ0n) is 42.7. The number of unbranched alkanes of at least 4 members (excludes halogenated alkanes) is 47. The van der Waals surface area contributed by atoms with Crippen molar-refractivity contribution in [3.63, 3.8) is 0 Å². The van der Waals surface area contributed by atoms with E-state index in [0.29, 0.717) is 6.42 Å². The van der Waals surface area contributed by atoms with Crippen molar-refractivity contribution < 1.29 is 15.0 Å². The third-order valence-electron chi connectivity index (χ3n) is 13.8. The van der Waals surface area contributed by atoms with Gasteiger partial charge in [-0.05, 0) is 19.3 Å². The molecule has 0 fully saturated rings. The summed E-state index contributed by atoms with van der Waals surface area (Å²) in [4.78, 5) is 12.5. The van der Waals surface area contributed by atoms with Crippen molar-refractivity contribution in [2.75, 3.05) is 6.61 Å². The van der Waals surface area contributed by atoms with Crippen molar-refractivity contribution in [2.45, 2.75) is 347 Å². The van der Waals surface area contributed by atoms with Gasteiger partial charge >= 0.3 is 0 Å². The highest BCUT2D eigenvalue weighted by Gasteiger charge is 2.18. The summed E-state index contributed by atoms with van der Waals surface area (Å²) in [6.07, 6.45) is 71.0. The molecule has 62 heavy (non-hydrogen) atoms. The van der Waals surface area contributed by atoms with E-state index in [4.69, 9.17) is 0 Å². The first-order chi connectivity index (χ1) is 30.7. The van der Waals surface area contributed by atoms with Crippen LogP contribution in [0, 0.1) is 0 Å². The van der Waals surface area contributed by atoms with Crippen LogP contribution < -0.4 is 5.32 Å². The third kappa shape index (κ3) is 50.1. The predicted octanol–water partition coefficient (Wildman–Crippen LogP) is 18.9. The number of aliphatic hydroxyl groups is 2. The van der Waals surface area contributed by atoms with E-state index in [0.717, 1.165) is 25.7 Å². The highest BCUT2D eigenvalue weighted by molar-refractivity contribution is 5.76. The van der Waals surface area contributed by atoms with E-state index >= 15 is 0 Å². The maximum atomic E-state index is 12.5.